The first-order chi connectivity index (χ1) is 6.67. The highest BCUT2D eigenvalue weighted by Gasteiger charge is 2.11. The van der Waals surface area contributed by atoms with Crippen molar-refractivity contribution in [1.82, 2.24) is 14.7 Å². The van der Waals surface area contributed by atoms with Gasteiger partial charge in [-0.15, -0.1) is 0 Å². The van der Waals surface area contributed by atoms with Gasteiger partial charge in [-0.05, 0) is 13.5 Å². The first-order valence-corrected chi connectivity index (χ1v) is 4.74. The van der Waals surface area contributed by atoms with Crippen molar-refractivity contribution in [1.29, 1.82) is 5.26 Å². The maximum Gasteiger partial charge on any atom is 0.0975 e. The maximum absolute atomic E-state index is 8.87. The van der Waals surface area contributed by atoms with Gasteiger partial charge in [-0.1, -0.05) is 6.92 Å². The minimum atomic E-state index is -0.00444. The minimum absolute atomic E-state index is 0.00444. The Morgan fingerprint density at radius 2 is 2.43 bits per heavy atom. The quantitative estimate of drug-likeness (QED) is 0.719. The number of nitriles is 1. The Labute approximate surface area is 84.7 Å². The van der Waals surface area contributed by atoms with Crippen LogP contribution in [0.2, 0.25) is 0 Å². The number of aromatic nitrogens is 2. The molecule has 0 aliphatic heterocycles. The molecule has 1 aromatic heterocycles. The SMILES string of the molecule is CCC(C#N)N(C)Cc1cnn(C)c1. The van der Waals surface area contributed by atoms with Crippen molar-refractivity contribution in [3.63, 3.8) is 0 Å². The van der Waals surface area contributed by atoms with Gasteiger partial charge < -0.3 is 0 Å². The normalized spacial score (nSPS) is 12.8. The average Bonchev–Trinajstić information content (AvgIpc) is 2.53. The van der Waals surface area contributed by atoms with E-state index < -0.39 is 0 Å². The summed E-state index contributed by atoms with van der Waals surface area (Å²) in [6.45, 7) is 2.80. The number of rotatable bonds is 4. The molecule has 0 saturated carbocycles. The molecule has 0 radical (unpaired) electrons. The van der Waals surface area contributed by atoms with Crippen molar-refractivity contribution in [2.75, 3.05) is 7.05 Å². The lowest BCUT2D eigenvalue weighted by atomic mass is 10.2. The van der Waals surface area contributed by atoms with Crippen molar-refractivity contribution in [2.45, 2.75) is 25.9 Å². The van der Waals surface area contributed by atoms with Gasteiger partial charge in [0.15, 0.2) is 0 Å². The van der Waals surface area contributed by atoms with Crippen molar-refractivity contribution in [3.05, 3.63) is 18.0 Å². The molecule has 1 rings (SSSR count). The van der Waals surface area contributed by atoms with Crippen molar-refractivity contribution >= 4 is 0 Å². The van der Waals surface area contributed by atoms with Gasteiger partial charge in [0.05, 0.1) is 18.3 Å². The highest BCUT2D eigenvalue weighted by molar-refractivity contribution is 5.04. The Balaban J connectivity index is 2.56. The van der Waals surface area contributed by atoms with Crippen LogP contribution in [-0.4, -0.2) is 27.8 Å². The molecule has 1 atom stereocenters. The zero-order chi connectivity index (χ0) is 10.6. The second-order valence-electron chi connectivity index (χ2n) is 3.49. The van der Waals surface area contributed by atoms with E-state index in [1.807, 2.05) is 38.3 Å². The minimum Gasteiger partial charge on any atom is -0.287 e. The molecule has 0 aliphatic rings. The van der Waals surface area contributed by atoms with Gasteiger partial charge in [-0.25, -0.2) is 0 Å². The third-order valence-corrected chi connectivity index (χ3v) is 2.26. The van der Waals surface area contributed by atoms with Crippen molar-refractivity contribution < 1.29 is 0 Å². The van der Waals surface area contributed by atoms with Crippen LogP contribution in [0.1, 0.15) is 18.9 Å². The third-order valence-electron chi connectivity index (χ3n) is 2.26. The Morgan fingerprint density at radius 3 is 2.86 bits per heavy atom. The van der Waals surface area contributed by atoms with E-state index >= 15 is 0 Å². The molecule has 0 spiro atoms. The molecule has 0 aromatic carbocycles. The van der Waals surface area contributed by atoms with Gasteiger partial charge in [0.2, 0.25) is 0 Å². The summed E-state index contributed by atoms with van der Waals surface area (Å²) in [5.74, 6) is 0. The second kappa shape index (κ2) is 4.77. The molecule has 14 heavy (non-hydrogen) atoms. The Hall–Kier alpha value is -1.34. The predicted molar refractivity (Wildman–Crippen MR) is 54.4 cm³/mol. The average molecular weight is 192 g/mol. The van der Waals surface area contributed by atoms with Gasteiger partial charge in [-0.2, -0.15) is 10.4 Å². The second-order valence-corrected chi connectivity index (χ2v) is 3.49. The number of nitrogens with zero attached hydrogens (tertiary/aromatic N) is 4. The van der Waals surface area contributed by atoms with Crippen LogP contribution in [-0.2, 0) is 13.6 Å². The number of aryl methyl sites for hydroxylation is 1. The zero-order valence-electron chi connectivity index (χ0n) is 8.94. The highest BCUT2D eigenvalue weighted by atomic mass is 15.2. The van der Waals surface area contributed by atoms with Crippen LogP contribution in [0, 0.1) is 11.3 Å². The van der Waals surface area contributed by atoms with E-state index in [2.05, 4.69) is 11.2 Å². The van der Waals surface area contributed by atoms with Gasteiger partial charge >= 0.3 is 0 Å². The monoisotopic (exact) mass is 192 g/mol. The molecule has 0 amide bonds. The standard InChI is InChI=1S/C10H16N4/c1-4-10(5-11)13(2)7-9-6-12-14(3)8-9/h6,8,10H,4,7H2,1-3H3. The summed E-state index contributed by atoms with van der Waals surface area (Å²) in [5, 5.41) is 13.0. The molecule has 0 aliphatic carbocycles. The molecule has 76 valence electrons. The summed E-state index contributed by atoms with van der Waals surface area (Å²) in [7, 11) is 3.86. The fourth-order valence-electron chi connectivity index (χ4n) is 1.45. The van der Waals surface area contributed by atoms with Crippen molar-refractivity contribution in [2.24, 2.45) is 7.05 Å². The van der Waals surface area contributed by atoms with E-state index in [0.717, 1.165) is 18.5 Å². The number of hydrogen-bond donors (Lipinski definition) is 0. The topological polar surface area (TPSA) is 44.9 Å². The molecular weight excluding hydrogens is 176 g/mol. The molecule has 0 bridgehead atoms. The fraction of sp³-hybridized carbons (Fsp3) is 0.600. The summed E-state index contributed by atoms with van der Waals surface area (Å²) >= 11 is 0. The predicted octanol–water partition coefficient (Wildman–Crippen LogP) is 1.15. The molecule has 4 nitrogen and oxygen atoms in total. The van der Waals surface area contributed by atoms with Crippen LogP contribution in [0.5, 0.6) is 0 Å². The Kier molecular flexibility index (Phi) is 3.66. The van der Waals surface area contributed by atoms with E-state index in [1.54, 1.807) is 4.68 Å². The first-order valence-electron chi connectivity index (χ1n) is 4.74. The summed E-state index contributed by atoms with van der Waals surface area (Å²) in [4.78, 5) is 2.04. The van der Waals surface area contributed by atoms with E-state index in [4.69, 9.17) is 5.26 Å². The summed E-state index contributed by atoms with van der Waals surface area (Å²) < 4.78 is 1.77. The largest absolute Gasteiger partial charge is 0.287 e. The van der Waals surface area contributed by atoms with Gasteiger partial charge in [0, 0.05) is 25.4 Å². The molecule has 1 heterocycles. The van der Waals surface area contributed by atoms with Crippen LogP contribution in [0.4, 0.5) is 0 Å². The van der Waals surface area contributed by atoms with E-state index in [0.29, 0.717) is 0 Å². The Morgan fingerprint density at radius 1 is 1.71 bits per heavy atom. The van der Waals surface area contributed by atoms with Crippen LogP contribution in [0.15, 0.2) is 12.4 Å². The molecule has 0 N–H and O–H groups in total. The molecule has 0 fully saturated rings. The van der Waals surface area contributed by atoms with E-state index in [1.165, 1.54) is 0 Å². The van der Waals surface area contributed by atoms with Crippen LogP contribution < -0.4 is 0 Å². The maximum atomic E-state index is 8.87. The van der Waals surface area contributed by atoms with Crippen LogP contribution in [0.25, 0.3) is 0 Å². The smallest absolute Gasteiger partial charge is 0.0975 e. The van der Waals surface area contributed by atoms with Gasteiger partial charge in [0.1, 0.15) is 0 Å². The third kappa shape index (κ3) is 2.57. The zero-order valence-corrected chi connectivity index (χ0v) is 8.94. The molecule has 4 heteroatoms. The lowest BCUT2D eigenvalue weighted by Gasteiger charge is -2.19. The van der Waals surface area contributed by atoms with Crippen LogP contribution >= 0.6 is 0 Å². The fourth-order valence-corrected chi connectivity index (χ4v) is 1.45. The molecule has 1 unspecified atom stereocenters. The van der Waals surface area contributed by atoms with Gasteiger partial charge in [0.25, 0.3) is 0 Å². The van der Waals surface area contributed by atoms with E-state index in [-0.39, 0.29) is 6.04 Å². The molecule has 1 aromatic rings. The lowest BCUT2D eigenvalue weighted by molar-refractivity contribution is 0.273. The van der Waals surface area contributed by atoms with Crippen molar-refractivity contribution in [3.8, 4) is 6.07 Å². The van der Waals surface area contributed by atoms with Gasteiger partial charge in [-0.3, -0.25) is 9.58 Å². The number of hydrogen-bond acceptors (Lipinski definition) is 3. The summed E-state index contributed by atoms with van der Waals surface area (Å²) in [6, 6.07) is 2.27. The molecular formula is C10H16N4. The summed E-state index contributed by atoms with van der Waals surface area (Å²) in [5.41, 5.74) is 1.14. The lowest BCUT2D eigenvalue weighted by Crippen LogP contribution is -2.29. The van der Waals surface area contributed by atoms with Crippen LogP contribution in [0.3, 0.4) is 0 Å². The molecule has 0 saturated heterocycles. The first kappa shape index (κ1) is 10.7. The van der Waals surface area contributed by atoms with E-state index in [9.17, 15) is 0 Å². The summed E-state index contributed by atoms with van der Waals surface area (Å²) in [6.07, 6.45) is 4.66. The highest BCUT2D eigenvalue weighted by Crippen LogP contribution is 2.06. The Bertz CT molecular complexity index is 323.